The average molecular weight is 355 g/mol. The second-order valence-electron chi connectivity index (χ2n) is 5.82. The van der Waals surface area contributed by atoms with Gasteiger partial charge in [0.05, 0.1) is 0 Å². The van der Waals surface area contributed by atoms with Crippen LogP contribution in [-0.4, -0.2) is 0 Å². The van der Waals surface area contributed by atoms with Gasteiger partial charge in [-0.15, -0.1) is 11.3 Å². The number of rotatable bonds is 1. The fraction of sp³-hybridized carbons (Fsp3) is 0.158. The first-order chi connectivity index (χ1) is 10.2. The van der Waals surface area contributed by atoms with Crippen LogP contribution in [0.4, 0.5) is 0 Å². The predicted molar refractivity (Wildman–Crippen MR) is 97.5 cm³/mol. The molecule has 0 bridgehead atoms. The third-order valence-corrected chi connectivity index (χ3v) is 6.16. The summed E-state index contributed by atoms with van der Waals surface area (Å²) in [5.41, 5.74) is 1.52. The number of benzene rings is 2. The van der Waals surface area contributed by atoms with Crippen LogP contribution < -0.4 is 0 Å². The van der Waals surface area contributed by atoms with Gasteiger partial charge in [-0.05, 0) is 18.1 Å². The van der Waals surface area contributed by atoms with Crippen LogP contribution >= 0.6 is 27.3 Å². The number of halogens is 1. The lowest BCUT2D eigenvalue weighted by Gasteiger charge is -2.28. The lowest BCUT2D eigenvalue weighted by Crippen LogP contribution is -2.19. The first-order valence-corrected chi connectivity index (χ1v) is 8.74. The predicted octanol–water partition coefficient (Wildman–Crippen LogP) is 6.55. The van der Waals surface area contributed by atoms with Gasteiger partial charge in [-0.2, -0.15) is 0 Å². The molecule has 0 amide bonds. The molecule has 3 aromatic rings. The van der Waals surface area contributed by atoms with E-state index in [9.17, 15) is 0 Å². The lowest BCUT2D eigenvalue weighted by atomic mass is 9.77. The van der Waals surface area contributed by atoms with Crippen LogP contribution in [0.2, 0.25) is 0 Å². The number of hydrogen-bond acceptors (Lipinski definition) is 1. The fourth-order valence-corrected chi connectivity index (χ4v) is 4.75. The van der Waals surface area contributed by atoms with Crippen LogP contribution in [0.15, 0.2) is 65.2 Å². The highest BCUT2D eigenvalue weighted by atomic mass is 79.9. The molecule has 1 unspecified atom stereocenters. The Hall–Kier alpha value is -1.38. The van der Waals surface area contributed by atoms with Crippen molar-refractivity contribution < 1.29 is 0 Å². The van der Waals surface area contributed by atoms with Gasteiger partial charge < -0.3 is 0 Å². The topological polar surface area (TPSA) is 0 Å². The van der Waals surface area contributed by atoms with Crippen molar-refractivity contribution in [1.82, 2.24) is 0 Å². The van der Waals surface area contributed by atoms with E-state index in [4.69, 9.17) is 0 Å². The van der Waals surface area contributed by atoms with Crippen LogP contribution in [-0.2, 0) is 5.41 Å². The summed E-state index contributed by atoms with van der Waals surface area (Å²) in [6.45, 7) is 2.33. The van der Waals surface area contributed by atoms with Crippen molar-refractivity contribution in [1.29, 1.82) is 0 Å². The van der Waals surface area contributed by atoms with Crippen LogP contribution in [0.3, 0.4) is 0 Å². The molecule has 1 heterocycles. The second kappa shape index (κ2) is 4.82. The maximum Gasteiger partial charge on any atom is 0.0396 e. The van der Waals surface area contributed by atoms with Gasteiger partial charge in [-0.1, -0.05) is 77.5 Å². The van der Waals surface area contributed by atoms with Crippen molar-refractivity contribution in [2.75, 3.05) is 0 Å². The molecule has 2 aromatic carbocycles. The summed E-state index contributed by atoms with van der Waals surface area (Å²) < 4.78 is 3.99. The molecule has 0 N–H and O–H groups in total. The van der Waals surface area contributed by atoms with E-state index in [0.717, 1.165) is 6.42 Å². The van der Waals surface area contributed by atoms with Crippen molar-refractivity contribution in [3.05, 3.63) is 70.7 Å². The minimum absolute atomic E-state index is 0.0810. The molecule has 21 heavy (non-hydrogen) atoms. The Morgan fingerprint density at radius 2 is 1.86 bits per heavy atom. The number of thiophene rings is 1. The van der Waals surface area contributed by atoms with Crippen molar-refractivity contribution >= 4 is 47.4 Å². The van der Waals surface area contributed by atoms with Gasteiger partial charge in [0.25, 0.3) is 0 Å². The summed E-state index contributed by atoms with van der Waals surface area (Å²) >= 11 is 5.48. The fourth-order valence-electron chi connectivity index (χ4n) is 3.11. The summed E-state index contributed by atoms with van der Waals surface area (Å²) in [6, 6.07) is 15.4. The lowest BCUT2D eigenvalue weighted by molar-refractivity contribution is 0.605. The van der Waals surface area contributed by atoms with Crippen molar-refractivity contribution in [2.24, 2.45) is 0 Å². The van der Waals surface area contributed by atoms with Crippen LogP contribution in [0, 0.1) is 0 Å². The van der Waals surface area contributed by atoms with E-state index in [1.54, 1.807) is 0 Å². The molecule has 0 saturated heterocycles. The molecule has 1 atom stereocenters. The summed E-state index contributed by atoms with van der Waals surface area (Å²) in [7, 11) is 0. The third kappa shape index (κ3) is 2.09. The molecule has 2 heteroatoms. The highest BCUT2D eigenvalue weighted by Crippen LogP contribution is 2.43. The first-order valence-electron chi connectivity index (χ1n) is 7.13. The Bertz CT molecular complexity index is 900. The molecule has 0 fully saturated rings. The molecule has 0 nitrogen and oxygen atoms in total. The highest BCUT2D eigenvalue weighted by Gasteiger charge is 2.27. The van der Waals surface area contributed by atoms with Gasteiger partial charge >= 0.3 is 0 Å². The number of allylic oxidation sites excluding steroid dienone is 4. The van der Waals surface area contributed by atoms with E-state index in [0.29, 0.717) is 0 Å². The normalized spacial score (nSPS) is 21.9. The molecular weight excluding hydrogens is 340 g/mol. The van der Waals surface area contributed by atoms with E-state index >= 15 is 0 Å². The van der Waals surface area contributed by atoms with Gasteiger partial charge in [-0.3, -0.25) is 0 Å². The van der Waals surface area contributed by atoms with E-state index < -0.39 is 0 Å². The smallest absolute Gasteiger partial charge is 0.0396 e. The zero-order valence-electron chi connectivity index (χ0n) is 11.8. The van der Waals surface area contributed by atoms with Gasteiger partial charge in [0, 0.05) is 30.1 Å². The highest BCUT2D eigenvalue weighted by molar-refractivity contribution is 9.11. The molecule has 0 aliphatic heterocycles. The molecule has 1 aliphatic rings. The van der Waals surface area contributed by atoms with Gasteiger partial charge in [0.2, 0.25) is 0 Å². The zero-order valence-corrected chi connectivity index (χ0v) is 14.2. The first kappa shape index (κ1) is 13.3. The molecule has 0 saturated carbocycles. The molecule has 0 spiro atoms. The van der Waals surface area contributed by atoms with Crippen molar-refractivity contribution in [2.45, 2.75) is 18.8 Å². The Morgan fingerprint density at radius 3 is 2.67 bits per heavy atom. The number of fused-ring (bicyclic) bond motifs is 3. The van der Waals surface area contributed by atoms with E-state index in [-0.39, 0.29) is 5.41 Å². The van der Waals surface area contributed by atoms with E-state index in [1.807, 2.05) is 11.3 Å². The molecule has 1 aromatic heterocycles. The maximum atomic E-state index is 3.57. The van der Waals surface area contributed by atoms with Crippen LogP contribution in [0.25, 0.3) is 20.2 Å². The largest absolute Gasteiger partial charge is 0.135 e. The van der Waals surface area contributed by atoms with Gasteiger partial charge in [0.1, 0.15) is 0 Å². The number of hydrogen-bond donors (Lipinski definition) is 0. The summed E-state index contributed by atoms with van der Waals surface area (Å²) in [5.74, 6) is 0. The average Bonchev–Trinajstić information content (AvgIpc) is 2.89. The SMILES string of the molecule is CC1(c2cccc3c2sc2ccccc23)C=CC(Br)=CC1. The van der Waals surface area contributed by atoms with E-state index in [2.05, 4.69) is 83.5 Å². The van der Waals surface area contributed by atoms with Gasteiger partial charge in [0.15, 0.2) is 0 Å². The third-order valence-electron chi connectivity index (χ3n) is 4.35. The van der Waals surface area contributed by atoms with Crippen LogP contribution in [0.5, 0.6) is 0 Å². The molecule has 104 valence electrons. The monoisotopic (exact) mass is 354 g/mol. The standard InChI is InChI=1S/C19H15BrS/c1-19(11-9-13(20)10-12-19)16-7-4-6-15-14-5-2-3-8-17(14)21-18(15)16/h2-11H,12H2,1H3. The minimum Gasteiger partial charge on any atom is -0.135 e. The van der Waals surface area contributed by atoms with Crippen molar-refractivity contribution in [3.63, 3.8) is 0 Å². The summed E-state index contributed by atoms with van der Waals surface area (Å²) in [4.78, 5) is 0. The summed E-state index contributed by atoms with van der Waals surface area (Å²) in [6.07, 6.45) is 7.81. The van der Waals surface area contributed by atoms with Gasteiger partial charge in [-0.25, -0.2) is 0 Å². The maximum absolute atomic E-state index is 3.57. The Morgan fingerprint density at radius 1 is 1.05 bits per heavy atom. The second-order valence-corrected chi connectivity index (χ2v) is 7.79. The molecule has 1 aliphatic carbocycles. The Kier molecular flexibility index (Phi) is 3.05. The Labute approximate surface area is 136 Å². The zero-order chi connectivity index (χ0) is 14.4. The van der Waals surface area contributed by atoms with Crippen molar-refractivity contribution in [3.8, 4) is 0 Å². The molecular formula is C19H15BrS. The van der Waals surface area contributed by atoms with Crippen LogP contribution in [0.1, 0.15) is 18.9 Å². The summed E-state index contributed by atoms with van der Waals surface area (Å²) in [5, 5.41) is 2.76. The minimum atomic E-state index is 0.0810. The quantitative estimate of drug-likeness (QED) is 0.464. The molecule has 0 radical (unpaired) electrons. The van der Waals surface area contributed by atoms with E-state index in [1.165, 1.54) is 30.2 Å². The molecule has 4 rings (SSSR count). The Balaban J connectivity index is 2.00.